The van der Waals surface area contributed by atoms with E-state index in [0.717, 1.165) is 12.3 Å². The normalized spacial score (nSPS) is 24.9. The molecule has 0 amide bonds. The van der Waals surface area contributed by atoms with Gasteiger partial charge in [-0.05, 0) is 49.1 Å². The minimum absolute atomic E-state index is 0.468. The summed E-state index contributed by atoms with van der Waals surface area (Å²) in [6.45, 7) is 2.20. The van der Waals surface area contributed by atoms with Crippen molar-refractivity contribution < 1.29 is 0 Å². The van der Waals surface area contributed by atoms with Crippen molar-refractivity contribution >= 4 is 0 Å². The molecule has 0 aliphatic heterocycles. The van der Waals surface area contributed by atoms with E-state index in [-0.39, 0.29) is 0 Å². The summed E-state index contributed by atoms with van der Waals surface area (Å²) in [5.74, 6) is 0.769. The first-order valence-corrected chi connectivity index (χ1v) is 6.63. The standard InChI is InChI=1S/C15H23N/c1-2-12-6-8-13(9-7-12)10-11-14-4-3-5-15(14)16/h6-9,14-15H,2-5,10-11,16H2,1H3. The third-order valence-corrected chi connectivity index (χ3v) is 3.95. The number of rotatable bonds is 4. The molecule has 1 aliphatic carbocycles. The van der Waals surface area contributed by atoms with Crippen LogP contribution in [0.25, 0.3) is 0 Å². The lowest BCUT2D eigenvalue weighted by molar-refractivity contribution is 0.447. The number of nitrogens with two attached hydrogens (primary N) is 1. The third kappa shape index (κ3) is 2.85. The zero-order valence-electron chi connectivity index (χ0n) is 10.3. The Morgan fingerprint density at radius 2 is 1.81 bits per heavy atom. The Morgan fingerprint density at radius 3 is 2.38 bits per heavy atom. The second-order valence-corrected chi connectivity index (χ2v) is 5.06. The molecule has 1 fully saturated rings. The van der Waals surface area contributed by atoms with Crippen LogP contribution in [0, 0.1) is 5.92 Å². The Morgan fingerprint density at radius 1 is 1.12 bits per heavy atom. The molecule has 0 heterocycles. The van der Waals surface area contributed by atoms with Gasteiger partial charge in [-0.15, -0.1) is 0 Å². The van der Waals surface area contributed by atoms with Crippen molar-refractivity contribution in [3.05, 3.63) is 35.4 Å². The monoisotopic (exact) mass is 217 g/mol. The van der Waals surface area contributed by atoms with Gasteiger partial charge in [0.15, 0.2) is 0 Å². The van der Waals surface area contributed by atoms with Gasteiger partial charge >= 0.3 is 0 Å². The van der Waals surface area contributed by atoms with Crippen LogP contribution in [0.5, 0.6) is 0 Å². The molecule has 2 N–H and O–H groups in total. The van der Waals surface area contributed by atoms with Gasteiger partial charge in [0.2, 0.25) is 0 Å². The van der Waals surface area contributed by atoms with E-state index >= 15 is 0 Å². The van der Waals surface area contributed by atoms with Gasteiger partial charge in [-0.25, -0.2) is 0 Å². The highest BCUT2D eigenvalue weighted by Crippen LogP contribution is 2.28. The van der Waals surface area contributed by atoms with Crippen molar-refractivity contribution in [2.75, 3.05) is 0 Å². The third-order valence-electron chi connectivity index (χ3n) is 3.95. The largest absolute Gasteiger partial charge is 0.327 e. The van der Waals surface area contributed by atoms with Gasteiger partial charge in [-0.2, -0.15) is 0 Å². The lowest BCUT2D eigenvalue weighted by Gasteiger charge is -2.14. The highest BCUT2D eigenvalue weighted by Gasteiger charge is 2.23. The molecule has 0 saturated heterocycles. The Bertz CT molecular complexity index is 315. The van der Waals surface area contributed by atoms with Gasteiger partial charge in [-0.3, -0.25) is 0 Å². The van der Waals surface area contributed by atoms with Crippen molar-refractivity contribution in [2.45, 2.75) is 51.5 Å². The van der Waals surface area contributed by atoms with Crippen LogP contribution in [0.1, 0.15) is 43.7 Å². The summed E-state index contributed by atoms with van der Waals surface area (Å²) in [7, 11) is 0. The first-order chi connectivity index (χ1) is 7.79. The van der Waals surface area contributed by atoms with E-state index in [1.165, 1.54) is 43.2 Å². The summed E-state index contributed by atoms with van der Waals surface area (Å²) in [5.41, 5.74) is 8.99. The minimum Gasteiger partial charge on any atom is -0.327 e. The summed E-state index contributed by atoms with van der Waals surface area (Å²) in [5, 5.41) is 0. The van der Waals surface area contributed by atoms with Crippen LogP contribution in [-0.4, -0.2) is 6.04 Å². The highest BCUT2D eigenvalue weighted by atomic mass is 14.7. The molecule has 1 aliphatic rings. The molecule has 1 nitrogen and oxygen atoms in total. The van der Waals surface area contributed by atoms with E-state index in [9.17, 15) is 0 Å². The molecular weight excluding hydrogens is 194 g/mol. The van der Waals surface area contributed by atoms with Gasteiger partial charge in [0.1, 0.15) is 0 Å². The number of hydrogen-bond donors (Lipinski definition) is 1. The average molecular weight is 217 g/mol. The average Bonchev–Trinajstić information content (AvgIpc) is 2.73. The zero-order valence-corrected chi connectivity index (χ0v) is 10.3. The molecular formula is C15H23N. The molecule has 1 saturated carbocycles. The zero-order chi connectivity index (χ0) is 11.4. The summed E-state index contributed by atoms with van der Waals surface area (Å²) >= 11 is 0. The van der Waals surface area contributed by atoms with Gasteiger partial charge in [0.25, 0.3) is 0 Å². The SMILES string of the molecule is CCc1ccc(CCC2CCCC2N)cc1. The van der Waals surface area contributed by atoms with E-state index < -0.39 is 0 Å². The fourth-order valence-corrected chi connectivity index (χ4v) is 2.72. The van der Waals surface area contributed by atoms with Crippen molar-refractivity contribution in [3.63, 3.8) is 0 Å². The quantitative estimate of drug-likeness (QED) is 0.822. The predicted octanol–water partition coefficient (Wildman–Crippen LogP) is 3.31. The van der Waals surface area contributed by atoms with Crippen LogP contribution in [-0.2, 0) is 12.8 Å². The molecule has 0 bridgehead atoms. The summed E-state index contributed by atoms with van der Waals surface area (Å²) < 4.78 is 0. The number of aryl methyl sites for hydroxylation is 2. The molecule has 2 atom stereocenters. The van der Waals surface area contributed by atoms with Gasteiger partial charge in [0, 0.05) is 6.04 Å². The van der Waals surface area contributed by atoms with Crippen molar-refractivity contribution in [1.82, 2.24) is 0 Å². The van der Waals surface area contributed by atoms with E-state index in [4.69, 9.17) is 5.73 Å². The second-order valence-electron chi connectivity index (χ2n) is 5.06. The van der Waals surface area contributed by atoms with E-state index in [1.54, 1.807) is 0 Å². The topological polar surface area (TPSA) is 26.0 Å². The van der Waals surface area contributed by atoms with E-state index in [1.807, 2.05) is 0 Å². The first-order valence-electron chi connectivity index (χ1n) is 6.63. The summed E-state index contributed by atoms with van der Waals surface area (Å²) in [4.78, 5) is 0. The van der Waals surface area contributed by atoms with Crippen molar-refractivity contribution in [3.8, 4) is 0 Å². The van der Waals surface area contributed by atoms with E-state index in [2.05, 4.69) is 31.2 Å². The van der Waals surface area contributed by atoms with Crippen LogP contribution in [0.3, 0.4) is 0 Å². The molecule has 1 aromatic carbocycles. The maximum absolute atomic E-state index is 6.09. The predicted molar refractivity (Wildman–Crippen MR) is 69.5 cm³/mol. The molecule has 0 spiro atoms. The van der Waals surface area contributed by atoms with Crippen molar-refractivity contribution in [1.29, 1.82) is 0 Å². The van der Waals surface area contributed by atoms with Crippen LogP contribution in [0.2, 0.25) is 0 Å². The number of hydrogen-bond acceptors (Lipinski definition) is 1. The summed E-state index contributed by atoms with van der Waals surface area (Å²) in [6, 6.07) is 9.53. The second kappa shape index (κ2) is 5.49. The Balaban J connectivity index is 1.84. The van der Waals surface area contributed by atoms with Crippen LogP contribution < -0.4 is 5.73 Å². The van der Waals surface area contributed by atoms with Gasteiger partial charge in [-0.1, -0.05) is 37.6 Å². The van der Waals surface area contributed by atoms with Crippen LogP contribution >= 0.6 is 0 Å². The lowest BCUT2D eigenvalue weighted by Crippen LogP contribution is -2.24. The van der Waals surface area contributed by atoms with Gasteiger partial charge < -0.3 is 5.73 Å². The first kappa shape index (κ1) is 11.7. The molecule has 0 aromatic heterocycles. The van der Waals surface area contributed by atoms with Crippen LogP contribution in [0.15, 0.2) is 24.3 Å². The maximum atomic E-state index is 6.09. The minimum atomic E-state index is 0.468. The Hall–Kier alpha value is -0.820. The van der Waals surface area contributed by atoms with E-state index in [0.29, 0.717) is 6.04 Å². The highest BCUT2D eigenvalue weighted by molar-refractivity contribution is 5.22. The molecule has 1 heteroatoms. The molecule has 1 aromatic rings. The molecule has 2 unspecified atom stereocenters. The lowest BCUT2D eigenvalue weighted by atomic mass is 9.95. The smallest absolute Gasteiger partial charge is 0.00672 e. The fraction of sp³-hybridized carbons (Fsp3) is 0.600. The van der Waals surface area contributed by atoms with Crippen LogP contribution in [0.4, 0.5) is 0 Å². The molecule has 0 radical (unpaired) electrons. The van der Waals surface area contributed by atoms with Gasteiger partial charge in [0.05, 0.1) is 0 Å². The number of benzene rings is 1. The Kier molecular flexibility index (Phi) is 4.00. The summed E-state index contributed by atoms with van der Waals surface area (Å²) in [6.07, 6.45) is 7.51. The molecule has 2 rings (SSSR count). The maximum Gasteiger partial charge on any atom is 0.00672 e. The molecule has 16 heavy (non-hydrogen) atoms. The molecule has 88 valence electrons. The fourth-order valence-electron chi connectivity index (χ4n) is 2.72. The van der Waals surface area contributed by atoms with Crippen molar-refractivity contribution in [2.24, 2.45) is 11.7 Å². The Labute approximate surface area is 99.0 Å².